The van der Waals surface area contributed by atoms with Gasteiger partial charge in [0.1, 0.15) is 0 Å². The van der Waals surface area contributed by atoms with Gasteiger partial charge in [-0.2, -0.15) is 0 Å². The zero-order chi connectivity index (χ0) is 11.0. The van der Waals surface area contributed by atoms with Gasteiger partial charge in [0.15, 0.2) is 5.15 Å². The zero-order valence-corrected chi connectivity index (χ0v) is 10.7. The van der Waals surface area contributed by atoms with Crippen molar-refractivity contribution in [2.24, 2.45) is 0 Å². The van der Waals surface area contributed by atoms with Crippen LogP contribution in [0.1, 0.15) is 6.42 Å². The molecule has 1 aromatic rings. The second-order valence-corrected chi connectivity index (χ2v) is 5.36. The Morgan fingerprint density at radius 3 is 2.87 bits per heavy atom. The predicted octanol–water partition coefficient (Wildman–Crippen LogP) is 2.89. The second kappa shape index (κ2) is 4.28. The number of carbonyl (C=O) groups is 1. The van der Waals surface area contributed by atoms with Gasteiger partial charge in [0.05, 0.1) is 10.7 Å². The molecule has 1 aromatic heterocycles. The van der Waals surface area contributed by atoms with Crippen molar-refractivity contribution in [3.05, 3.63) is 22.4 Å². The van der Waals surface area contributed by atoms with Gasteiger partial charge in [-0.1, -0.05) is 39.1 Å². The fourth-order valence-electron chi connectivity index (χ4n) is 1.50. The molecule has 0 aliphatic carbocycles. The summed E-state index contributed by atoms with van der Waals surface area (Å²) in [5.74, 6) is 0.0304. The first-order chi connectivity index (χ1) is 7.08. The van der Waals surface area contributed by atoms with E-state index < -0.39 is 0 Å². The quantitative estimate of drug-likeness (QED) is 0.590. The van der Waals surface area contributed by atoms with Crippen molar-refractivity contribution < 1.29 is 4.79 Å². The third-order valence-electron chi connectivity index (χ3n) is 2.16. The number of hydrogen-bond acceptors (Lipinski definition) is 2. The lowest BCUT2D eigenvalue weighted by Crippen LogP contribution is -2.25. The molecule has 15 heavy (non-hydrogen) atoms. The number of alkyl halides is 1. The maximum Gasteiger partial charge on any atom is 0.228 e. The summed E-state index contributed by atoms with van der Waals surface area (Å²) in [5.41, 5.74) is 0.580. The van der Waals surface area contributed by atoms with E-state index in [0.717, 1.165) is 0 Å². The molecule has 80 valence electrons. The van der Waals surface area contributed by atoms with Gasteiger partial charge in [-0.3, -0.25) is 4.79 Å². The van der Waals surface area contributed by atoms with Crippen molar-refractivity contribution in [2.75, 3.05) is 11.4 Å². The molecular formula is C9H7BrCl2N2O. The van der Waals surface area contributed by atoms with Crippen LogP contribution in [0.3, 0.4) is 0 Å². The average molecular weight is 310 g/mol. The number of carbonyl (C=O) groups excluding carboxylic acids is 1. The fraction of sp³-hybridized carbons (Fsp3) is 0.333. The molecule has 0 N–H and O–H groups in total. The fourth-order valence-corrected chi connectivity index (χ4v) is 2.42. The Hall–Kier alpha value is -0.320. The molecule has 0 aromatic carbocycles. The van der Waals surface area contributed by atoms with Crippen molar-refractivity contribution in [3.8, 4) is 0 Å². The lowest BCUT2D eigenvalue weighted by atomic mass is 10.4. The first-order valence-corrected chi connectivity index (χ1v) is 6.00. The van der Waals surface area contributed by atoms with E-state index in [-0.39, 0.29) is 10.7 Å². The molecule has 1 amide bonds. The molecule has 1 aliphatic heterocycles. The molecule has 0 bridgehead atoms. The van der Waals surface area contributed by atoms with Crippen molar-refractivity contribution in [1.82, 2.24) is 4.98 Å². The smallest absolute Gasteiger partial charge is 0.228 e. The van der Waals surface area contributed by atoms with E-state index in [2.05, 4.69) is 20.9 Å². The van der Waals surface area contributed by atoms with Crippen LogP contribution >= 0.6 is 39.1 Å². The molecule has 0 radical (unpaired) electrons. The molecule has 1 aliphatic rings. The second-order valence-electron chi connectivity index (χ2n) is 3.27. The molecular weight excluding hydrogens is 303 g/mol. The number of pyridine rings is 1. The number of rotatable bonds is 1. The van der Waals surface area contributed by atoms with Crippen LogP contribution in [0.2, 0.25) is 10.2 Å². The van der Waals surface area contributed by atoms with Crippen LogP contribution in [-0.4, -0.2) is 22.3 Å². The Kier molecular flexibility index (Phi) is 3.19. The number of hydrogen-bond donors (Lipinski definition) is 0. The Labute approximate surface area is 106 Å². The maximum absolute atomic E-state index is 11.6. The van der Waals surface area contributed by atoms with E-state index in [1.165, 1.54) is 6.20 Å². The molecule has 6 heteroatoms. The van der Waals surface area contributed by atoms with Crippen molar-refractivity contribution in [3.63, 3.8) is 0 Å². The highest BCUT2D eigenvalue weighted by Gasteiger charge is 2.30. The van der Waals surface area contributed by atoms with Crippen molar-refractivity contribution in [2.45, 2.75) is 11.2 Å². The van der Waals surface area contributed by atoms with E-state index in [9.17, 15) is 4.79 Å². The van der Waals surface area contributed by atoms with Gasteiger partial charge in [-0.15, -0.1) is 0 Å². The molecule has 2 heterocycles. The molecule has 0 saturated carbocycles. The lowest BCUT2D eigenvalue weighted by molar-refractivity contribution is -0.117. The largest absolute Gasteiger partial charge is 0.308 e. The lowest BCUT2D eigenvalue weighted by Gasteiger charge is -2.16. The van der Waals surface area contributed by atoms with Crippen LogP contribution in [0, 0.1) is 0 Å². The molecule has 0 spiro atoms. The maximum atomic E-state index is 11.6. The van der Waals surface area contributed by atoms with Crippen molar-refractivity contribution >= 4 is 50.7 Å². The molecule has 1 fully saturated rings. The Bertz CT molecular complexity index is 413. The number of aromatic nitrogens is 1. The number of halogens is 3. The van der Waals surface area contributed by atoms with Gasteiger partial charge in [0, 0.05) is 24.0 Å². The van der Waals surface area contributed by atoms with E-state index in [1.54, 1.807) is 11.0 Å². The van der Waals surface area contributed by atoms with E-state index in [1.807, 2.05) is 0 Å². The summed E-state index contributed by atoms with van der Waals surface area (Å²) >= 11 is 15.1. The van der Waals surface area contributed by atoms with Crippen LogP contribution in [0.4, 0.5) is 5.69 Å². The van der Waals surface area contributed by atoms with Gasteiger partial charge < -0.3 is 4.90 Å². The highest BCUT2D eigenvalue weighted by atomic mass is 79.9. The summed E-state index contributed by atoms with van der Waals surface area (Å²) in [7, 11) is 0. The standard InChI is InChI=1S/C9H7BrCl2N2O/c10-5-1-8(15)14(4-5)7-2-6(11)3-13-9(7)12/h2-3,5H,1,4H2. The first-order valence-electron chi connectivity index (χ1n) is 4.33. The molecule has 1 saturated heterocycles. The average Bonchev–Trinajstić information content (AvgIpc) is 2.50. The Morgan fingerprint density at radius 1 is 1.53 bits per heavy atom. The minimum atomic E-state index is 0.0304. The minimum Gasteiger partial charge on any atom is -0.308 e. The van der Waals surface area contributed by atoms with Gasteiger partial charge in [0.25, 0.3) is 0 Å². The topological polar surface area (TPSA) is 33.2 Å². The Morgan fingerprint density at radius 2 is 2.27 bits per heavy atom. The highest BCUT2D eigenvalue weighted by molar-refractivity contribution is 9.09. The minimum absolute atomic E-state index is 0.0304. The molecule has 1 atom stereocenters. The van der Waals surface area contributed by atoms with Gasteiger partial charge in [-0.25, -0.2) is 4.98 Å². The monoisotopic (exact) mass is 308 g/mol. The number of amides is 1. The molecule has 1 unspecified atom stereocenters. The van der Waals surface area contributed by atoms with Crippen LogP contribution in [-0.2, 0) is 4.79 Å². The third kappa shape index (κ3) is 2.27. The van der Waals surface area contributed by atoms with Gasteiger partial charge >= 0.3 is 0 Å². The van der Waals surface area contributed by atoms with Crippen LogP contribution < -0.4 is 4.90 Å². The third-order valence-corrected chi connectivity index (χ3v) is 3.27. The van der Waals surface area contributed by atoms with E-state index in [0.29, 0.717) is 28.8 Å². The summed E-state index contributed by atoms with van der Waals surface area (Å²) in [6.45, 7) is 0.598. The highest BCUT2D eigenvalue weighted by Crippen LogP contribution is 2.31. The van der Waals surface area contributed by atoms with E-state index in [4.69, 9.17) is 23.2 Å². The summed E-state index contributed by atoms with van der Waals surface area (Å²) in [4.78, 5) is 17.3. The summed E-state index contributed by atoms with van der Waals surface area (Å²) in [6, 6.07) is 1.65. The van der Waals surface area contributed by atoms with Gasteiger partial charge in [0.2, 0.25) is 5.91 Å². The van der Waals surface area contributed by atoms with Crippen LogP contribution in [0.15, 0.2) is 12.3 Å². The Balaban J connectivity index is 2.37. The van der Waals surface area contributed by atoms with Gasteiger partial charge in [-0.05, 0) is 6.07 Å². The van der Waals surface area contributed by atoms with E-state index >= 15 is 0 Å². The van der Waals surface area contributed by atoms with Crippen molar-refractivity contribution in [1.29, 1.82) is 0 Å². The summed E-state index contributed by atoms with van der Waals surface area (Å²) in [6.07, 6.45) is 1.93. The normalized spacial score (nSPS) is 21.1. The SMILES string of the molecule is O=C1CC(Br)CN1c1cc(Cl)cnc1Cl. The summed E-state index contributed by atoms with van der Waals surface area (Å²) in [5, 5.41) is 0.773. The van der Waals surface area contributed by atoms with Crippen LogP contribution in [0.25, 0.3) is 0 Å². The van der Waals surface area contributed by atoms with Crippen LogP contribution in [0.5, 0.6) is 0 Å². The number of anilines is 1. The first kappa shape index (κ1) is 11.2. The summed E-state index contributed by atoms with van der Waals surface area (Å²) < 4.78 is 0. The molecule has 2 rings (SSSR count). The molecule has 3 nitrogen and oxygen atoms in total. The zero-order valence-electron chi connectivity index (χ0n) is 7.58. The predicted molar refractivity (Wildman–Crippen MR) is 63.9 cm³/mol. The number of nitrogens with zero attached hydrogens (tertiary/aromatic N) is 2.